The highest BCUT2D eigenvalue weighted by molar-refractivity contribution is 5.93. The second kappa shape index (κ2) is 4.30. The van der Waals surface area contributed by atoms with E-state index in [1.165, 1.54) is 18.6 Å². The summed E-state index contributed by atoms with van der Waals surface area (Å²) in [5, 5.41) is 0. The Balaban J connectivity index is 2.77. The van der Waals surface area contributed by atoms with Gasteiger partial charge in [0.15, 0.2) is 5.78 Å². The maximum Gasteiger partial charge on any atom is 0.166 e. The van der Waals surface area contributed by atoms with Gasteiger partial charge in [-0.3, -0.25) is 4.79 Å². The Morgan fingerprint density at radius 2 is 1.92 bits per heavy atom. The maximum atomic E-state index is 11.1. The smallest absolute Gasteiger partial charge is 0.166 e. The van der Waals surface area contributed by atoms with Crippen LogP contribution in [0, 0.1) is 0 Å². The third-order valence-electron chi connectivity index (χ3n) is 1.41. The van der Waals surface area contributed by atoms with E-state index >= 15 is 0 Å². The molecule has 0 bridgehead atoms. The van der Waals surface area contributed by atoms with E-state index in [1.807, 2.05) is 0 Å². The molecule has 0 aromatic carbocycles. The average Bonchev–Trinajstić information content (AvgIpc) is 2.04. The highest BCUT2D eigenvalue weighted by Crippen LogP contribution is 2.16. The molecule has 0 heterocycles. The lowest BCUT2D eigenvalue weighted by atomic mass is 10.1. The fourth-order valence-electron chi connectivity index (χ4n) is 0.980. The zero-order valence-electron chi connectivity index (χ0n) is 7.16. The predicted octanol–water partition coefficient (Wildman–Crippen LogP) is 2.05. The standard InChI is InChI=1S/C10H10O3/c1-3-12-9-5-8(11)6-10(7-9)13-4-2/h3-5,7H,1-2,6H2. The summed E-state index contributed by atoms with van der Waals surface area (Å²) in [4.78, 5) is 11.1. The predicted molar refractivity (Wildman–Crippen MR) is 48.4 cm³/mol. The van der Waals surface area contributed by atoms with Gasteiger partial charge in [-0.25, -0.2) is 0 Å². The molecule has 0 atom stereocenters. The Labute approximate surface area is 76.6 Å². The first-order valence-electron chi connectivity index (χ1n) is 3.76. The van der Waals surface area contributed by atoms with Crippen LogP contribution in [0.4, 0.5) is 0 Å². The van der Waals surface area contributed by atoms with Gasteiger partial charge in [-0.2, -0.15) is 0 Å². The van der Waals surface area contributed by atoms with Gasteiger partial charge in [0.25, 0.3) is 0 Å². The molecular formula is C10H10O3. The first kappa shape index (κ1) is 9.32. The molecule has 0 saturated carbocycles. The summed E-state index contributed by atoms with van der Waals surface area (Å²) in [6.45, 7) is 6.78. The topological polar surface area (TPSA) is 35.5 Å². The lowest BCUT2D eigenvalue weighted by Gasteiger charge is -2.10. The molecule has 68 valence electrons. The number of ketones is 1. The van der Waals surface area contributed by atoms with Crippen LogP contribution in [0.15, 0.2) is 49.4 Å². The Kier molecular flexibility index (Phi) is 3.09. The third-order valence-corrected chi connectivity index (χ3v) is 1.41. The quantitative estimate of drug-likeness (QED) is 0.618. The SMILES string of the molecule is C=COC1=CC(=O)CC(OC=C)=C1. The fourth-order valence-corrected chi connectivity index (χ4v) is 0.980. The molecule has 0 aliphatic heterocycles. The molecule has 0 N–H and O–H groups in total. The molecule has 0 aromatic heterocycles. The number of carbonyl (C=O) groups is 1. The van der Waals surface area contributed by atoms with Gasteiger partial charge in [-0.15, -0.1) is 0 Å². The van der Waals surface area contributed by atoms with E-state index in [0.29, 0.717) is 11.5 Å². The van der Waals surface area contributed by atoms with Crippen LogP contribution in [-0.2, 0) is 14.3 Å². The Bertz CT molecular complexity index is 297. The van der Waals surface area contributed by atoms with Crippen molar-refractivity contribution < 1.29 is 14.3 Å². The van der Waals surface area contributed by atoms with Gasteiger partial charge in [0, 0.05) is 12.2 Å². The van der Waals surface area contributed by atoms with Crippen LogP contribution in [0.1, 0.15) is 6.42 Å². The van der Waals surface area contributed by atoms with E-state index in [-0.39, 0.29) is 12.2 Å². The van der Waals surface area contributed by atoms with Crippen LogP contribution in [-0.4, -0.2) is 5.78 Å². The number of carbonyl (C=O) groups excluding carboxylic acids is 1. The minimum Gasteiger partial charge on any atom is -0.469 e. The molecule has 13 heavy (non-hydrogen) atoms. The molecule has 0 spiro atoms. The Morgan fingerprint density at radius 3 is 2.54 bits per heavy atom. The summed E-state index contributed by atoms with van der Waals surface area (Å²) in [7, 11) is 0. The van der Waals surface area contributed by atoms with E-state index in [9.17, 15) is 4.79 Å². The van der Waals surface area contributed by atoms with Crippen molar-refractivity contribution in [1.29, 1.82) is 0 Å². The monoisotopic (exact) mass is 178 g/mol. The summed E-state index contributed by atoms with van der Waals surface area (Å²) >= 11 is 0. The van der Waals surface area contributed by atoms with Crippen molar-refractivity contribution in [2.24, 2.45) is 0 Å². The minimum atomic E-state index is -0.0591. The van der Waals surface area contributed by atoms with Crippen molar-refractivity contribution in [3.05, 3.63) is 49.4 Å². The van der Waals surface area contributed by atoms with E-state index in [4.69, 9.17) is 9.47 Å². The third kappa shape index (κ3) is 2.63. The van der Waals surface area contributed by atoms with Gasteiger partial charge in [0.05, 0.1) is 18.9 Å². The average molecular weight is 178 g/mol. The van der Waals surface area contributed by atoms with E-state index in [2.05, 4.69) is 13.2 Å². The van der Waals surface area contributed by atoms with Crippen LogP contribution in [0.2, 0.25) is 0 Å². The summed E-state index contributed by atoms with van der Waals surface area (Å²) in [5.41, 5.74) is 0. The largest absolute Gasteiger partial charge is 0.469 e. The molecule has 1 aliphatic rings. The van der Waals surface area contributed by atoms with E-state index in [0.717, 1.165) is 0 Å². The van der Waals surface area contributed by atoms with E-state index in [1.54, 1.807) is 6.08 Å². The first-order valence-corrected chi connectivity index (χ1v) is 3.76. The van der Waals surface area contributed by atoms with Crippen LogP contribution in [0.5, 0.6) is 0 Å². The number of ether oxygens (including phenoxy) is 2. The maximum absolute atomic E-state index is 11.1. The van der Waals surface area contributed by atoms with Crippen molar-refractivity contribution in [3.8, 4) is 0 Å². The summed E-state index contributed by atoms with van der Waals surface area (Å²) < 4.78 is 9.92. The lowest BCUT2D eigenvalue weighted by molar-refractivity contribution is -0.114. The van der Waals surface area contributed by atoms with Crippen molar-refractivity contribution >= 4 is 5.78 Å². The van der Waals surface area contributed by atoms with Gasteiger partial charge in [0.1, 0.15) is 11.5 Å². The van der Waals surface area contributed by atoms with Crippen LogP contribution < -0.4 is 0 Å². The van der Waals surface area contributed by atoms with Gasteiger partial charge >= 0.3 is 0 Å². The van der Waals surface area contributed by atoms with Gasteiger partial charge in [-0.1, -0.05) is 13.2 Å². The second-order valence-corrected chi connectivity index (χ2v) is 2.37. The number of allylic oxidation sites excluding steroid dienone is 3. The normalized spacial score (nSPS) is 15.5. The van der Waals surface area contributed by atoms with Crippen LogP contribution in [0.25, 0.3) is 0 Å². The van der Waals surface area contributed by atoms with Gasteiger partial charge in [-0.05, 0) is 0 Å². The second-order valence-electron chi connectivity index (χ2n) is 2.37. The zero-order valence-corrected chi connectivity index (χ0v) is 7.16. The van der Waals surface area contributed by atoms with Crippen molar-refractivity contribution in [2.75, 3.05) is 0 Å². The van der Waals surface area contributed by atoms with Crippen LogP contribution in [0.3, 0.4) is 0 Å². The van der Waals surface area contributed by atoms with E-state index < -0.39 is 0 Å². The molecule has 0 amide bonds. The number of hydrogen-bond acceptors (Lipinski definition) is 3. The van der Waals surface area contributed by atoms with Gasteiger partial charge < -0.3 is 9.47 Å². The van der Waals surface area contributed by atoms with Crippen molar-refractivity contribution in [2.45, 2.75) is 6.42 Å². The highest BCUT2D eigenvalue weighted by atomic mass is 16.5. The number of hydrogen-bond donors (Lipinski definition) is 0. The zero-order chi connectivity index (χ0) is 9.68. The van der Waals surface area contributed by atoms with Crippen molar-refractivity contribution in [1.82, 2.24) is 0 Å². The molecule has 0 unspecified atom stereocenters. The Hall–Kier alpha value is -1.77. The molecular weight excluding hydrogens is 168 g/mol. The number of rotatable bonds is 4. The molecule has 1 rings (SSSR count). The lowest BCUT2D eigenvalue weighted by Crippen LogP contribution is -2.04. The summed E-state index contributed by atoms with van der Waals surface area (Å²) in [5.74, 6) is 0.902. The summed E-state index contributed by atoms with van der Waals surface area (Å²) in [6, 6.07) is 0. The van der Waals surface area contributed by atoms with Crippen molar-refractivity contribution in [3.63, 3.8) is 0 Å². The first-order chi connectivity index (χ1) is 6.26. The summed E-state index contributed by atoms with van der Waals surface area (Å²) in [6.07, 6.45) is 5.81. The minimum absolute atomic E-state index is 0.0591. The molecule has 0 saturated heterocycles. The van der Waals surface area contributed by atoms with Gasteiger partial charge in [0.2, 0.25) is 0 Å². The fraction of sp³-hybridized carbons (Fsp3) is 0.100. The molecule has 1 aliphatic carbocycles. The molecule has 3 heteroatoms. The van der Waals surface area contributed by atoms with Crippen LogP contribution >= 0.6 is 0 Å². The molecule has 0 radical (unpaired) electrons. The molecule has 0 fully saturated rings. The molecule has 3 nitrogen and oxygen atoms in total. The molecule has 0 aromatic rings. The Morgan fingerprint density at radius 1 is 1.23 bits per heavy atom. The highest BCUT2D eigenvalue weighted by Gasteiger charge is 2.12.